The smallest absolute Gasteiger partial charge is 0.117 e. The minimum absolute atomic E-state index is 0.0178. The van der Waals surface area contributed by atoms with Crippen LogP contribution >= 0.6 is 0 Å². The molecular formula is C12H24O7. The maximum atomic E-state index is 8.45. The fourth-order valence-electron chi connectivity index (χ4n) is 0.982. The molecule has 19 heavy (non-hydrogen) atoms. The average Bonchev–Trinajstić information content (AvgIpc) is 2.43. The van der Waals surface area contributed by atoms with Crippen LogP contribution in [0.5, 0.6) is 0 Å². The average molecular weight is 280 g/mol. The van der Waals surface area contributed by atoms with Gasteiger partial charge in [0, 0.05) is 0 Å². The Labute approximate surface area is 113 Å². The minimum Gasteiger partial charge on any atom is -0.496 e. The Bertz CT molecular complexity index is 187. The Balaban J connectivity index is 3.00. The van der Waals surface area contributed by atoms with Gasteiger partial charge in [-0.25, -0.2) is 0 Å². The minimum atomic E-state index is 0.0178. The molecule has 7 nitrogen and oxygen atoms in total. The van der Waals surface area contributed by atoms with Gasteiger partial charge in [-0.05, 0) is 0 Å². The van der Waals surface area contributed by atoms with Crippen molar-refractivity contribution in [2.24, 2.45) is 0 Å². The van der Waals surface area contributed by atoms with E-state index in [1.807, 2.05) is 0 Å². The number of hydrogen-bond donors (Lipinski definition) is 2. The molecule has 0 bridgehead atoms. The van der Waals surface area contributed by atoms with Crippen molar-refractivity contribution in [3.05, 3.63) is 12.5 Å². The van der Waals surface area contributed by atoms with Crippen LogP contribution in [0.2, 0.25) is 0 Å². The van der Waals surface area contributed by atoms with Crippen molar-refractivity contribution >= 4 is 0 Å². The van der Waals surface area contributed by atoms with Gasteiger partial charge in [0.25, 0.3) is 0 Å². The summed E-state index contributed by atoms with van der Waals surface area (Å²) in [5.41, 5.74) is 0. The summed E-state index contributed by atoms with van der Waals surface area (Å²) in [6.45, 7) is 3.39. The van der Waals surface area contributed by atoms with Gasteiger partial charge in [-0.3, -0.25) is 0 Å². The zero-order valence-electron chi connectivity index (χ0n) is 11.2. The van der Waals surface area contributed by atoms with Crippen molar-refractivity contribution < 1.29 is 33.9 Å². The molecule has 2 N–H and O–H groups in total. The summed E-state index contributed by atoms with van der Waals surface area (Å²) in [6, 6.07) is 0. The van der Waals surface area contributed by atoms with Gasteiger partial charge in [0.05, 0.1) is 52.9 Å². The van der Waals surface area contributed by atoms with E-state index in [4.69, 9.17) is 33.9 Å². The van der Waals surface area contributed by atoms with Crippen LogP contribution in [0.3, 0.4) is 0 Å². The lowest BCUT2D eigenvalue weighted by molar-refractivity contribution is 0.0193. The second-order valence-electron chi connectivity index (χ2n) is 3.30. The van der Waals surface area contributed by atoms with E-state index in [1.54, 1.807) is 0 Å². The van der Waals surface area contributed by atoms with Crippen LogP contribution in [0.1, 0.15) is 0 Å². The van der Waals surface area contributed by atoms with Crippen LogP contribution in [0.15, 0.2) is 12.5 Å². The molecule has 0 aromatic carbocycles. The van der Waals surface area contributed by atoms with E-state index in [0.717, 1.165) is 0 Å². The lowest BCUT2D eigenvalue weighted by Crippen LogP contribution is -2.09. The Morgan fingerprint density at radius 3 is 1.32 bits per heavy atom. The number of aliphatic hydroxyl groups is 2. The van der Waals surface area contributed by atoms with E-state index in [0.29, 0.717) is 52.9 Å². The molecule has 0 heterocycles. The third-order valence-electron chi connectivity index (χ3n) is 1.78. The van der Waals surface area contributed by atoms with Crippen LogP contribution in [-0.2, 0) is 23.7 Å². The summed E-state index contributed by atoms with van der Waals surface area (Å²) >= 11 is 0. The van der Waals surface area contributed by atoms with Crippen molar-refractivity contribution in [2.45, 2.75) is 0 Å². The highest BCUT2D eigenvalue weighted by Crippen LogP contribution is 1.84. The first kappa shape index (κ1) is 18.1. The summed E-state index contributed by atoms with van der Waals surface area (Å²) < 4.78 is 25.3. The van der Waals surface area contributed by atoms with E-state index >= 15 is 0 Å². The molecule has 0 aliphatic heterocycles. The zero-order valence-corrected chi connectivity index (χ0v) is 11.2. The Morgan fingerprint density at radius 1 is 0.526 bits per heavy atom. The second kappa shape index (κ2) is 17.1. The van der Waals surface area contributed by atoms with Crippen LogP contribution in [-0.4, -0.2) is 76.3 Å². The van der Waals surface area contributed by atoms with Crippen molar-refractivity contribution in [3.8, 4) is 0 Å². The molecule has 0 rings (SSSR count). The van der Waals surface area contributed by atoms with E-state index < -0.39 is 0 Å². The molecule has 0 atom stereocenters. The predicted molar refractivity (Wildman–Crippen MR) is 67.7 cm³/mol. The molecule has 0 aromatic heterocycles. The Hall–Kier alpha value is -0.860. The predicted octanol–water partition coefficient (Wildman–Crippen LogP) is -0.475. The lowest BCUT2D eigenvalue weighted by atomic mass is 10.7. The Morgan fingerprint density at radius 2 is 0.895 bits per heavy atom. The van der Waals surface area contributed by atoms with Gasteiger partial charge in [-0.1, -0.05) is 0 Å². The molecule has 0 amide bonds. The number of hydrogen-bond acceptors (Lipinski definition) is 7. The normalized spacial score (nSPS) is 11.1. The van der Waals surface area contributed by atoms with Crippen molar-refractivity contribution in [3.63, 3.8) is 0 Å². The molecular weight excluding hydrogens is 256 g/mol. The van der Waals surface area contributed by atoms with Gasteiger partial charge < -0.3 is 33.9 Å². The summed E-state index contributed by atoms with van der Waals surface area (Å²) in [6.07, 6.45) is 2.88. The summed E-state index contributed by atoms with van der Waals surface area (Å²) in [7, 11) is 0. The van der Waals surface area contributed by atoms with Crippen LogP contribution in [0.25, 0.3) is 0 Å². The third kappa shape index (κ3) is 17.1. The van der Waals surface area contributed by atoms with Gasteiger partial charge in [-0.15, -0.1) is 0 Å². The standard InChI is InChI=1S/C12H24O7/c13-1-3-15-5-7-17-9-11-19-12-10-18-8-6-16-4-2-14/h9,11,13-14H,1-8,10,12H2/b11-9-. The molecule has 0 aliphatic rings. The molecule has 0 saturated carbocycles. The largest absolute Gasteiger partial charge is 0.496 e. The summed E-state index contributed by atoms with van der Waals surface area (Å²) in [5.74, 6) is 0. The number of ether oxygens (including phenoxy) is 5. The molecule has 0 radical (unpaired) electrons. The third-order valence-corrected chi connectivity index (χ3v) is 1.78. The summed E-state index contributed by atoms with van der Waals surface area (Å²) in [4.78, 5) is 0. The van der Waals surface area contributed by atoms with Crippen molar-refractivity contribution in [1.82, 2.24) is 0 Å². The number of aliphatic hydroxyl groups excluding tert-OH is 2. The van der Waals surface area contributed by atoms with Gasteiger partial charge in [-0.2, -0.15) is 0 Å². The SMILES string of the molecule is OCCOCCO/C=C\OCCOCCOCCO. The fourth-order valence-corrected chi connectivity index (χ4v) is 0.982. The van der Waals surface area contributed by atoms with Gasteiger partial charge in [0.1, 0.15) is 25.7 Å². The molecule has 0 saturated heterocycles. The maximum absolute atomic E-state index is 8.45. The van der Waals surface area contributed by atoms with E-state index in [1.165, 1.54) is 12.5 Å². The van der Waals surface area contributed by atoms with E-state index in [-0.39, 0.29) is 13.2 Å². The van der Waals surface area contributed by atoms with Crippen molar-refractivity contribution in [2.75, 3.05) is 66.1 Å². The molecule has 0 spiro atoms. The highest BCUT2D eigenvalue weighted by atomic mass is 16.6. The first-order valence-electron chi connectivity index (χ1n) is 6.25. The first-order chi connectivity index (χ1) is 9.41. The lowest BCUT2D eigenvalue weighted by Gasteiger charge is -2.05. The quantitative estimate of drug-likeness (QED) is 0.309. The number of rotatable bonds is 15. The van der Waals surface area contributed by atoms with E-state index in [9.17, 15) is 0 Å². The molecule has 7 heteroatoms. The van der Waals surface area contributed by atoms with Crippen LogP contribution < -0.4 is 0 Å². The first-order valence-corrected chi connectivity index (χ1v) is 6.25. The van der Waals surface area contributed by atoms with Crippen LogP contribution in [0.4, 0.5) is 0 Å². The fraction of sp³-hybridized carbons (Fsp3) is 0.833. The topological polar surface area (TPSA) is 86.6 Å². The molecule has 0 aliphatic carbocycles. The molecule has 114 valence electrons. The molecule has 0 aromatic rings. The summed E-state index contributed by atoms with van der Waals surface area (Å²) in [5, 5.41) is 16.9. The van der Waals surface area contributed by atoms with Crippen molar-refractivity contribution in [1.29, 1.82) is 0 Å². The van der Waals surface area contributed by atoms with Gasteiger partial charge in [0.2, 0.25) is 0 Å². The zero-order chi connectivity index (χ0) is 14.0. The van der Waals surface area contributed by atoms with E-state index in [2.05, 4.69) is 0 Å². The molecule has 0 unspecified atom stereocenters. The Kier molecular flexibility index (Phi) is 16.4. The highest BCUT2D eigenvalue weighted by Gasteiger charge is 1.89. The monoisotopic (exact) mass is 280 g/mol. The van der Waals surface area contributed by atoms with Gasteiger partial charge >= 0.3 is 0 Å². The van der Waals surface area contributed by atoms with Gasteiger partial charge in [0.15, 0.2) is 0 Å². The highest BCUT2D eigenvalue weighted by molar-refractivity contribution is 4.60. The van der Waals surface area contributed by atoms with Crippen LogP contribution in [0, 0.1) is 0 Å². The second-order valence-corrected chi connectivity index (χ2v) is 3.30. The molecule has 0 fully saturated rings. The maximum Gasteiger partial charge on any atom is 0.117 e.